The van der Waals surface area contributed by atoms with Gasteiger partial charge in [-0.25, -0.2) is 0 Å². The number of hydrazone groups is 1. The molecule has 0 aliphatic carbocycles. The number of nitrogens with zero attached hydrogens (tertiary/aromatic N) is 2. The van der Waals surface area contributed by atoms with Gasteiger partial charge >= 0.3 is 0 Å². The second-order valence-corrected chi connectivity index (χ2v) is 4.39. The predicted molar refractivity (Wildman–Crippen MR) is 76.1 cm³/mol. The largest absolute Gasteiger partial charge is 0.375 e. The quantitative estimate of drug-likeness (QED) is 0.468. The monoisotopic (exact) mass is 250 g/mol. The average molecular weight is 250 g/mol. The lowest BCUT2D eigenvalue weighted by Crippen LogP contribution is -2.26. The van der Waals surface area contributed by atoms with Crippen LogP contribution in [0.25, 0.3) is 0 Å². The van der Waals surface area contributed by atoms with Gasteiger partial charge in [0.2, 0.25) is 0 Å². The van der Waals surface area contributed by atoms with Crippen molar-refractivity contribution < 1.29 is 0 Å². The maximum atomic E-state index is 5.38. The van der Waals surface area contributed by atoms with Crippen molar-refractivity contribution in [1.82, 2.24) is 10.3 Å². The Bertz CT molecular complexity index is 387. The predicted octanol–water partition coefficient (Wildman–Crippen LogP) is 1.18. The third-order valence-electron chi connectivity index (χ3n) is 2.20. The molecule has 0 fully saturated rings. The maximum Gasteiger partial charge on any atom is 0.184 e. The van der Waals surface area contributed by atoms with Gasteiger partial charge in [-0.15, -0.1) is 0 Å². The molecule has 0 spiro atoms. The van der Waals surface area contributed by atoms with Crippen LogP contribution in [0.5, 0.6) is 0 Å². The molecule has 0 saturated carbocycles. The van der Waals surface area contributed by atoms with E-state index in [1.807, 2.05) is 44.4 Å². The van der Waals surface area contributed by atoms with Gasteiger partial charge in [0, 0.05) is 13.0 Å². The highest BCUT2D eigenvalue weighted by Gasteiger charge is 2.04. The molecule has 0 aromatic heterocycles. The summed E-state index contributed by atoms with van der Waals surface area (Å²) in [6.07, 6.45) is 0.840. The molecule has 0 saturated heterocycles. The van der Waals surface area contributed by atoms with Crippen LogP contribution in [0.2, 0.25) is 0 Å². The van der Waals surface area contributed by atoms with E-state index in [-0.39, 0.29) is 5.11 Å². The van der Waals surface area contributed by atoms with Crippen LogP contribution in [0.1, 0.15) is 12.0 Å². The third kappa shape index (κ3) is 5.42. The van der Waals surface area contributed by atoms with Gasteiger partial charge in [-0.1, -0.05) is 30.3 Å². The number of hydrogen-bond acceptors (Lipinski definition) is 3. The Morgan fingerprint density at radius 2 is 2.00 bits per heavy atom. The highest BCUT2D eigenvalue weighted by molar-refractivity contribution is 7.80. The first-order chi connectivity index (χ1) is 8.09. The molecular formula is C12H18N4S. The van der Waals surface area contributed by atoms with Gasteiger partial charge in [0.25, 0.3) is 0 Å². The van der Waals surface area contributed by atoms with Crippen molar-refractivity contribution in [1.29, 1.82) is 0 Å². The zero-order valence-corrected chi connectivity index (χ0v) is 11.0. The summed E-state index contributed by atoms with van der Waals surface area (Å²) in [7, 11) is 4.06. The summed E-state index contributed by atoms with van der Waals surface area (Å²) < 4.78 is 0. The number of nitrogens with one attached hydrogen (secondary N) is 1. The van der Waals surface area contributed by atoms with Gasteiger partial charge in [-0.05, 0) is 31.9 Å². The minimum Gasteiger partial charge on any atom is -0.375 e. The van der Waals surface area contributed by atoms with Gasteiger partial charge in [-0.3, -0.25) is 5.43 Å². The zero-order chi connectivity index (χ0) is 12.7. The maximum absolute atomic E-state index is 5.38. The Hall–Kier alpha value is -1.46. The van der Waals surface area contributed by atoms with Crippen LogP contribution in [-0.2, 0) is 0 Å². The Morgan fingerprint density at radius 3 is 2.53 bits per heavy atom. The molecular weight excluding hydrogens is 232 g/mol. The molecule has 1 aromatic rings. The van der Waals surface area contributed by atoms with E-state index in [2.05, 4.69) is 15.4 Å². The lowest BCUT2D eigenvalue weighted by Gasteiger charge is -2.11. The summed E-state index contributed by atoms with van der Waals surface area (Å²) in [6, 6.07) is 10.0. The van der Waals surface area contributed by atoms with Crippen molar-refractivity contribution in [3.05, 3.63) is 35.9 Å². The first kappa shape index (κ1) is 13.6. The van der Waals surface area contributed by atoms with Crippen LogP contribution in [0.4, 0.5) is 0 Å². The van der Waals surface area contributed by atoms with Crippen LogP contribution in [-0.4, -0.2) is 36.4 Å². The molecule has 0 unspecified atom stereocenters. The topological polar surface area (TPSA) is 53.6 Å². The summed E-state index contributed by atoms with van der Waals surface area (Å²) in [6.45, 7) is 0.923. The molecule has 0 atom stereocenters. The number of rotatable bonds is 5. The fourth-order valence-corrected chi connectivity index (χ4v) is 1.39. The van der Waals surface area contributed by atoms with Gasteiger partial charge in [-0.2, -0.15) is 5.10 Å². The van der Waals surface area contributed by atoms with E-state index in [4.69, 9.17) is 18.0 Å². The Kier molecular flexibility index (Phi) is 5.59. The summed E-state index contributed by atoms with van der Waals surface area (Å²) >= 11 is 4.75. The lowest BCUT2D eigenvalue weighted by molar-refractivity contribution is 0.422. The standard InChI is InChI=1S/C12H18N4S/c1-16(2)9-8-11(14-15-12(13)17)10-6-4-3-5-7-10/h3-7H,8-9H2,1-2H3,(H3,13,15,17)/b14-11-. The van der Waals surface area contributed by atoms with Crippen molar-refractivity contribution in [3.8, 4) is 0 Å². The number of nitrogens with two attached hydrogens (primary N) is 1. The van der Waals surface area contributed by atoms with Crippen molar-refractivity contribution >= 4 is 23.0 Å². The number of benzene rings is 1. The minimum atomic E-state index is 0.184. The van der Waals surface area contributed by atoms with Crippen molar-refractivity contribution in [3.63, 3.8) is 0 Å². The van der Waals surface area contributed by atoms with Crippen molar-refractivity contribution in [2.45, 2.75) is 6.42 Å². The molecule has 92 valence electrons. The summed E-state index contributed by atoms with van der Waals surface area (Å²) in [5.74, 6) is 0. The fourth-order valence-electron chi connectivity index (χ4n) is 1.35. The van der Waals surface area contributed by atoms with Gasteiger partial charge in [0.05, 0.1) is 5.71 Å². The molecule has 0 aliphatic heterocycles. The van der Waals surface area contributed by atoms with Crippen LogP contribution < -0.4 is 11.2 Å². The van der Waals surface area contributed by atoms with Gasteiger partial charge in [0.1, 0.15) is 0 Å². The fraction of sp³-hybridized carbons (Fsp3) is 0.333. The second-order valence-electron chi connectivity index (χ2n) is 3.95. The molecule has 3 N–H and O–H groups in total. The molecule has 1 aromatic carbocycles. The SMILES string of the molecule is CN(C)CC/C(=N/NC(N)=S)c1ccccc1. The second kappa shape index (κ2) is 6.98. The third-order valence-corrected chi connectivity index (χ3v) is 2.30. The first-order valence-corrected chi connectivity index (χ1v) is 5.82. The van der Waals surface area contributed by atoms with Gasteiger partial charge in [0.15, 0.2) is 5.11 Å². The minimum absolute atomic E-state index is 0.184. The van der Waals surface area contributed by atoms with Crippen molar-refractivity contribution in [2.75, 3.05) is 20.6 Å². The van der Waals surface area contributed by atoms with Crippen LogP contribution in [0, 0.1) is 0 Å². The zero-order valence-electron chi connectivity index (χ0n) is 10.2. The summed E-state index contributed by atoms with van der Waals surface area (Å²) in [5, 5.41) is 4.42. The van der Waals surface area contributed by atoms with Crippen LogP contribution >= 0.6 is 12.2 Å². The Labute approximate surface area is 107 Å². The van der Waals surface area contributed by atoms with Gasteiger partial charge < -0.3 is 10.6 Å². The molecule has 1 rings (SSSR count). The molecule has 17 heavy (non-hydrogen) atoms. The molecule has 0 heterocycles. The lowest BCUT2D eigenvalue weighted by atomic mass is 10.1. The summed E-state index contributed by atoms with van der Waals surface area (Å²) in [5.41, 5.74) is 10.1. The van der Waals surface area contributed by atoms with Crippen molar-refractivity contribution in [2.24, 2.45) is 10.8 Å². The average Bonchev–Trinajstić information content (AvgIpc) is 2.29. The van der Waals surface area contributed by atoms with E-state index >= 15 is 0 Å². The van der Waals surface area contributed by atoms with Crippen LogP contribution in [0.3, 0.4) is 0 Å². The van der Waals surface area contributed by atoms with E-state index in [0.29, 0.717) is 0 Å². The first-order valence-electron chi connectivity index (χ1n) is 5.41. The molecule has 0 amide bonds. The van der Waals surface area contributed by atoms with Crippen LogP contribution in [0.15, 0.2) is 35.4 Å². The van der Waals surface area contributed by atoms with E-state index in [0.717, 1.165) is 24.2 Å². The van der Waals surface area contributed by atoms with E-state index in [9.17, 15) is 0 Å². The molecule has 4 nitrogen and oxygen atoms in total. The molecule has 0 radical (unpaired) electrons. The molecule has 5 heteroatoms. The Balaban J connectivity index is 2.79. The highest BCUT2D eigenvalue weighted by atomic mass is 32.1. The highest BCUT2D eigenvalue weighted by Crippen LogP contribution is 2.04. The smallest absolute Gasteiger partial charge is 0.184 e. The number of hydrogen-bond donors (Lipinski definition) is 2. The molecule has 0 aliphatic rings. The summed E-state index contributed by atoms with van der Waals surface area (Å²) in [4.78, 5) is 2.11. The number of thiocarbonyl (C=S) groups is 1. The molecule has 0 bridgehead atoms. The normalized spacial score (nSPS) is 11.6. The van der Waals surface area contributed by atoms with E-state index in [1.165, 1.54) is 0 Å². The van der Waals surface area contributed by atoms with E-state index in [1.54, 1.807) is 0 Å². The Morgan fingerprint density at radius 1 is 1.35 bits per heavy atom. The van der Waals surface area contributed by atoms with E-state index < -0.39 is 0 Å².